The van der Waals surface area contributed by atoms with Crippen LogP contribution >= 0.6 is 0 Å². The highest BCUT2D eigenvalue weighted by atomic mass is 16.1. The van der Waals surface area contributed by atoms with E-state index in [9.17, 15) is 4.79 Å². The number of nitrogens with zero attached hydrogens (tertiary/aromatic N) is 4. The van der Waals surface area contributed by atoms with Crippen molar-refractivity contribution in [2.45, 2.75) is 19.3 Å². The molecule has 5 heteroatoms. The topological polar surface area (TPSA) is 71.1 Å². The summed E-state index contributed by atoms with van der Waals surface area (Å²) < 4.78 is 1.62. The quantitative estimate of drug-likeness (QED) is 0.656. The monoisotopic (exact) mass is 212 g/mol. The number of aryl methyl sites for hydroxylation is 1. The van der Waals surface area contributed by atoms with Crippen molar-refractivity contribution in [3.05, 3.63) is 29.2 Å². The second kappa shape index (κ2) is 3.14. The summed E-state index contributed by atoms with van der Waals surface area (Å²) in [7, 11) is 0. The van der Waals surface area contributed by atoms with E-state index in [-0.39, 0.29) is 5.78 Å². The number of ketones is 1. The molecule has 0 atom stereocenters. The first kappa shape index (κ1) is 9.04. The lowest BCUT2D eigenvalue weighted by molar-refractivity contribution is 0.0970. The SMILES string of the molecule is N#Cc1cnn2c3c(cnc12)C(=O)CCC3. The number of aromatic nitrogens is 3. The van der Waals surface area contributed by atoms with E-state index in [0.717, 1.165) is 18.5 Å². The fourth-order valence-corrected chi connectivity index (χ4v) is 2.08. The Morgan fingerprint density at radius 2 is 2.25 bits per heavy atom. The van der Waals surface area contributed by atoms with E-state index in [1.54, 1.807) is 10.7 Å². The number of hydrogen-bond acceptors (Lipinski definition) is 4. The molecular weight excluding hydrogens is 204 g/mol. The van der Waals surface area contributed by atoms with Gasteiger partial charge in [0.05, 0.1) is 17.5 Å². The van der Waals surface area contributed by atoms with Crippen molar-refractivity contribution < 1.29 is 4.79 Å². The average Bonchev–Trinajstić information content (AvgIpc) is 2.72. The maximum absolute atomic E-state index is 11.7. The van der Waals surface area contributed by atoms with Crippen molar-refractivity contribution >= 4 is 11.4 Å². The van der Waals surface area contributed by atoms with Gasteiger partial charge in [0.1, 0.15) is 11.6 Å². The molecule has 0 bridgehead atoms. The first-order chi connectivity index (χ1) is 7.81. The molecule has 78 valence electrons. The molecule has 1 aliphatic carbocycles. The lowest BCUT2D eigenvalue weighted by Crippen LogP contribution is -2.16. The molecule has 0 radical (unpaired) electrons. The summed E-state index contributed by atoms with van der Waals surface area (Å²) >= 11 is 0. The summed E-state index contributed by atoms with van der Waals surface area (Å²) in [5.41, 5.74) is 2.51. The van der Waals surface area contributed by atoms with E-state index < -0.39 is 0 Å². The van der Waals surface area contributed by atoms with E-state index in [1.165, 1.54) is 6.20 Å². The summed E-state index contributed by atoms with van der Waals surface area (Å²) in [6.45, 7) is 0. The predicted molar refractivity (Wildman–Crippen MR) is 55.0 cm³/mol. The Kier molecular flexibility index (Phi) is 1.77. The van der Waals surface area contributed by atoms with Crippen LogP contribution in [0.25, 0.3) is 5.65 Å². The Hall–Kier alpha value is -2.22. The standard InChI is InChI=1S/C11H8N4O/c12-4-7-5-14-15-9-2-1-3-10(16)8(9)6-13-11(7)15/h5-6H,1-3H2. The summed E-state index contributed by atoms with van der Waals surface area (Å²) in [5.74, 6) is 0.115. The van der Waals surface area contributed by atoms with Crippen LogP contribution < -0.4 is 0 Å². The zero-order chi connectivity index (χ0) is 11.1. The van der Waals surface area contributed by atoms with E-state index in [1.807, 2.05) is 6.07 Å². The lowest BCUT2D eigenvalue weighted by Gasteiger charge is -2.14. The number of carbonyl (C=O) groups excluding carboxylic acids is 1. The molecular formula is C11H8N4O. The first-order valence-corrected chi connectivity index (χ1v) is 5.10. The third-order valence-corrected chi connectivity index (χ3v) is 2.86. The Morgan fingerprint density at radius 1 is 1.38 bits per heavy atom. The molecule has 0 aliphatic heterocycles. The lowest BCUT2D eigenvalue weighted by atomic mass is 9.96. The molecule has 16 heavy (non-hydrogen) atoms. The van der Waals surface area contributed by atoms with Crippen molar-refractivity contribution in [1.29, 1.82) is 5.26 Å². The molecule has 0 spiro atoms. The van der Waals surface area contributed by atoms with Crippen molar-refractivity contribution in [1.82, 2.24) is 14.6 Å². The van der Waals surface area contributed by atoms with Crippen LogP contribution in [0.4, 0.5) is 0 Å². The Bertz CT molecular complexity index is 635. The van der Waals surface area contributed by atoms with Gasteiger partial charge in [-0.2, -0.15) is 10.4 Å². The number of hydrogen-bond donors (Lipinski definition) is 0. The zero-order valence-corrected chi connectivity index (χ0v) is 8.47. The largest absolute Gasteiger partial charge is 0.294 e. The van der Waals surface area contributed by atoms with Crippen LogP contribution in [-0.2, 0) is 6.42 Å². The van der Waals surface area contributed by atoms with Crippen LogP contribution in [0, 0.1) is 11.3 Å². The molecule has 2 heterocycles. The van der Waals surface area contributed by atoms with Crippen molar-refractivity contribution in [3.8, 4) is 6.07 Å². The Labute approximate surface area is 91.3 Å². The van der Waals surface area contributed by atoms with Crippen LogP contribution in [0.15, 0.2) is 12.4 Å². The maximum Gasteiger partial charge on any atom is 0.173 e. The molecule has 0 N–H and O–H groups in total. The van der Waals surface area contributed by atoms with Gasteiger partial charge in [-0.3, -0.25) is 4.79 Å². The molecule has 0 unspecified atom stereocenters. The van der Waals surface area contributed by atoms with Gasteiger partial charge in [0.15, 0.2) is 11.4 Å². The minimum absolute atomic E-state index is 0.115. The van der Waals surface area contributed by atoms with Gasteiger partial charge < -0.3 is 0 Å². The molecule has 2 aromatic heterocycles. The fourth-order valence-electron chi connectivity index (χ4n) is 2.08. The predicted octanol–water partition coefficient (Wildman–Crippen LogP) is 1.12. The van der Waals surface area contributed by atoms with E-state index in [4.69, 9.17) is 5.26 Å². The molecule has 2 aromatic rings. The smallest absolute Gasteiger partial charge is 0.173 e. The number of Topliss-reactive ketones (excluding diaryl/α,β-unsaturated/α-hetero) is 1. The second-order valence-electron chi connectivity index (χ2n) is 3.80. The van der Waals surface area contributed by atoms with Gasteiger partial charge >= 0.3 is 0 Å². The van der Waals surface area contributed by atoms with Gasteiger partial charge in [0.2, 0.25) is 0 Å². The van der Waals surface area contributed by atoms with Crippen LogP contribution in [0.5, 0.6) is 0 Å². The summed E-state index contributed by atoms with van der Waals surface area (Å²) in [5, 5.41) is 13.0. The van der Waals surface area contributed by atoms with Crippen LogP contribution in [0.3, 0.4) is 0 Å². The third-order valence-electron chi connectivity index (χ3n) is 2.86. The normalized spacial score (nSPS) is 14.8. The van der Waals surface area contributed by atoms with Gasteiger partial charge in [-0.25, -0.2) is 9.50 Å². The van der Waals surface area contributed by atoms with Gasteiger partial charge in [-0.05, 0) is 12.8 Å². The average molecular weight is 212 g/mol. The van der Waals surface area contributed by atoms with Gasteiger partial charge in [0, 0.05) is 12.6 Å². The highest BCUT2D eigenvalue weighted by molar-refractivity contribution is 5.98. The molecule has 0 saturated heterocycles. The van der Waals surface area contributed by atoms with E-state index in [0.29, 0.717) is 23.2 Å². The summed E-state index contributed by atoms with van der Waals surface area (Å²) in [6, 6.07) is 2.04. The van der Waals surface area contributed by atoms with Gasteiger partial charge in [-0.15, -0.1) is 0 Å². The summed E-state index contributed by atoms with van der Waals surface area (Å²) in [6.07, 6.45) is 5.28. The minimum Gasteiger partial charge on any atom is -0.294 e. The molecule has 0 saturated carbocycles. The number of fused-ring (bicyclic) bond motifs is 3. The third kappa shape index (κ3) is 1.07. The van der Waals surface area contributed by atoms with Crippen LogP contribution in [0.2, 0.25) is 0 Å². The highest BCUT2D eigenvalue weighted by Crippen LogP contribution is 2.21. The van der Waals surface area contributed by atoms with Crippen LogP contribution in [-0.4, -0.2) is 20.4 Å². The van der Waals surface area contributed by atoms with E-state index in [2.05, 4.69) is 10.1 Å². The number of carbonyl (C=O) groups is 1. The molecule has 3 rings (SSSR count). The van der Waals surface area contributed by atoms with Crippen LogP contribution in [0.1, 0.15) is 34.5 Å². The first-order valence-electron chi connectivity index (χ1n) is 5.10. The maximum atomic E-state index is 11.7. The number of nitriles is 1. The number of rotatable bonds is 0. The Morgan fingerprint density at radius 3 is 3.06 bits per heavy atom. The van der Waals surface area contributed by atoms with Crippen molar-refractivity contribution in [2.75, 3.05) is 0 Å². The molecule has 0 fully saturated rings. The summed E-state index contributed by atoms with van der Waals surface area (Å²) in [4.78, 5) is 15.8. The zero-order valence-electron chi connectivity index (χ0n) is 8.47. The molecule has 0 aromatic carbocycles. The van der Waals surface area contributed by atoms with Crippen molar-refractivity contribution in [2.24, 2.45) is 0 Å². The molecule has 0 amide bonds. The Balaban J connectivity index is 2.37. The molecule has 5 nitrogen and oxygen atoms in total. The van der Waals surface area contributed by atoms with Gasteiger partial charge in [-0.1, -0.05) is 0 Å². The van der Waals surface area contributed by atoms with E-state index >= 15 is 0 Å². The second-order valence-corrected chi connectivity index (χ2v) is 3.80. The minimum atomic E-state index is 0.115. The molecule has 1 aliphatic rings. The van der Waals surface area contributed by atoms with Gasteiger partial charge in [0.25, 0.3) is 0 Å². The van der Waals surface area contributed by atoms with Crippen molar-refractivity contribution in [3.63, 3.8) is 0 Å². The highest BCUT2D eigenvalue weighted by Gasteiger charge is 2.21. The fraction of sp³-hybridized carbons (Fsp3) is 0.273.